The summed E-state index contributed by atoms with van der Waals surface area (Å²) < 4.78 is 19.8. The molecule has 0 aliphatic heterocycles. The molecule has 0 spiro atoms. The molecule has 0 amide bonds. The summed E-state index contributed by atoms with van der Waals surface area (Å²) in [6.45, 7) is -0.0982. The van der Waals surface area contributed by atoms with E-state index >= 15 is 0 Å². The number of nitriles is 1. The molecule has 0 aliphatic rings. The second kappa shape index (κ2) is 5.61. The average Bonchev–Trinajstić information content (AvgIpc) is 2.96. The van der Waals surface area contributed by atoms with Crippen molar-refractivity contribution in [2.24, 2.45) is 0 Å². The van der Waals surface area contributed by atoms with E-state index in [9.17, 15) is 14.4 Å². The zero-order valence-corrected chi connectivity index (χ0v) is 11.2. The Morgan fingerprint density at radius 2 is 2.27 bits per heavy atom. The number of aromatic nitrogens is 3. The minimum atomic E-state index is -0.595. The highest BCUT2D eigenvalue weighted by Gasteiger charge is 2.13. The van der Waals surface area contributed by atoms with Crippen molar-refractivity contribution in [3.05, 3.63) is 48.3 Å². The van der Waals surface area contributed by atoms with Crippen molar-refractivity contribution in [1.29, 1.82) is 5.26 Å². The number of ether oxygens (including phenoxy) is 1. The molecule has 0 saturated heterocycles. The summed E-state index contributed by atoms with van der Waals surface area (Å²) in [5.74, 6) is -0.186. The molecule has 3 rings (SSSR count). The quantitative estimate of drug-likeness (QED) is 0.543. The maximum Gasteiger partial charge on any atom is 0.212 e. The van der Waals surface area contributed by atoms with Crippen LogP contribution in [-0.4, -0.2) is 27.5 Å². The lowest BCUT2D eigenvalue weighted by Crippen LogP contribution is -2.00. The second-order valence-corrected chi connectivity index (χ2v) is 4.40. The summed E-state index contributed by atoms with van der Waals surface area (Å²) in [7, 11) is 0. The maximum absolute atomic E-state index is 13.0. The fourth-order valence-corrected chi connectivity index (χ4v) is 2.14. The van der Waals surface area contributed by atoms with E-state index in [0.717, 1.165) is 0 Å². The van der Waals surface area contributed by atoms with Gasteiger partial charge in [-0.25, -0.2) is 9.50 Å². The fraction of sp³-hybridized carbons (Fsp3) is 0.0667. The maximum atomic E-state index is 13.0. The monoisotopic (exact) mass is 296 g/mol. The Hall–Kier alpha value is -3.27. The molecule has 0 bridgehead atoms. The predicted molar refractivity (Wildman–Crippen MR) is 74.7 cm³/mol. The predicted octanol–water partition coefficient (Wildman–Crippen LogP) is 1.98. The largest absolute Gasteiger partial charge is 0.485 e. The Labute approximate surface area is 124 Å². The number of rotatable bonds is 4. The van der Waals surface area contributed by atoms with E-state index in [-0.39, 0.29) is 6.61 Å². The Morgan fingerprint density at radius 1 is 1.41 bits per heavy atom. The molecule has 7 heteroatoms. The first-order chi connectivity index (χ1) is 10.7. The Morgan fingerprint density at radius 3 is 2.95 bits per heavy atom. The molecule has 0 N–H and O–H groups in total. The number of hydrogen-bond donors (Lipinski definition) is 0. The second-order valence-electron chi connectivity index (χ2n) is 4.40. The van der Waals surface area contributed by atoms with E-state index in [2.05, 4.69) is 16.2 Å². The lowest BCUT2D eigenvalue weighted by Gasteiger charge is -2.09. The van der Waals surface area contributed by atoms with Crippen LogP contribution in [0.2, 0.25) is 0 Å². The number of nitrogens with zero attached hydrogens (tertiary/aromatic N) is 4. The van der Waals surface area contributed by atoms with Crippen LogP contribution in [0.5, 0.6) is 5.75 Å². The molecule has 0 aliphatic carbocycles. The van der Waals surface area contributed by atoms with Crippen LogP contribution in [0.15, 0.2) is 36.8 Å². The summed E-state index contributed by atoms with van der Waals surface area (Å²) in [4.78, 5) is 14.1. The molecule has 0 unspecified atom stereocenters. The van der Waals surface area contributed by atoms with Gasteiger partial charge < -0.3 is 4.74 Å². The molecule has 0 radical (unpaired) electrons. The lowest BCUT2D eigenvalue weighted by atomic mass is 10.1. The van der Waals surface area contributed by atoms with Gasteiger partial charge in [0.05, 0.1) is 23.5 Å². The van der Waals surface area contributed by atoms with Crippen LogP contribution in [0.1, 0.15) is 5.56 Å². The zero-order chi connectivity index (χ0) is 15.5. The highest BCUT2D eigenvalue weighted by molar-refractivity contribution is 5.84. The topological polar surface area (TPSA) is 80.3 Å². The third kappa shape index (κ3) is 2.38. The molecular formula is C15H9FN4O2. The van der Waals surface area contributed by atoms with Gasteiger partial charge in [-0.15, -0.1) is 0 Å². The van der Waals surface area contributed by atoms with E-state index in [1.54, 1.807) is 18.3 Å². The number of fused-ring (bicyclic) bond motifs is 1. The van der Waals surface area contributed by atoms with Crippen LogP contribution >= 0.6 is 0 Å². The number of pyridine rings is 2. The lowest BCUT2D eigenvalue weighted by molar-refractivity contribution is -0.109. The van der Waals surface area contributed by atoms with E-state index in [0.29, 0.717) is 34.2 Å². The molecule has 0 saturated carbocycles. The van der Waals surface area contributed by atoms with Crippen molar-refractivity contribution in [2.75, 3.05) is 6.61 Å². The van der Waals surface area contributed by atoms with Crippen LogP contribution < -0.4 is 4.74 Å². The van der Waals surface area contributed by atoms with Crippen molar-refractivity contribution in [2.45, 2.75) is 0 Å². The molecule has 108 valence electrons. The van der Waals surface area contributed by atoms with Crippen molar-refractivity contribution in [1.82, 2.24) is 14.6 Å². The zero-order valence-electron chi connectivity index (χ0n) is 11.2. The molecule has 3 heterocycles. The first kappa shape index (κ1) is 13.7. The highest BCUT2D eigenvalue weighted by Crippen LogP contribution is 2.30. The van der Waals surface area contributed by atoms with Gasteiger partial charge in [0.1, 0.15) is 18.4 Å². The number of carbonyl (C=O) groups is 1. The van der Waals surface area contributed by atoms with Crippen LogP contribution in [0.4, 0.5) is 4.39 Å². The third-order valence-corrected chi connectivity index (χ3v) is 3.06. The molecule has 3 aromatic rings. The summed E-state index contributed by atoms with van der Waals surface area (Å²) >= 11 is 0. The minimum absolute atomic E-state index is 0.0982. The van der Waals surface area contributed by atoms with Gasteiger partial charge in [-0.3, -0.25) is 4.79 Å². The molecule has 6 nitrogen and oxygen atoms in total. The average molecular weight is 296 g/mol. The van der Waals surface area contributed by atoms with E-state index < -0.39 is 5.95 Å². The number of halogens is 1. The van der Waals surface area contributed by atoms with Gasteiger partial charge in [0.2, 0.25) is 5.95 Å². The van der Waals surface area contributed by atoms with Crippen molar-refractivity contribution in [3.63, 3.8) is 0 Å². The van der Waals surface area contributed by atoms with Crippen molar-refractivity contribution < 1.29 is 13.9 Å². The van der Waals surface area contributed by atoms with Crippen LogP contribution in [-0.2, 0) is 4.79 Å². The van der Waals surface area contributed by atoms with Gasteiger partial charge >= 0.3 is 0 Å². The summed E-state index contributed by atoms with van der Waals surface area (Å²) in [6, 6.07) is 6.50. The van der Waals surface area contributed by atoms with Gasteiger partial charge in [-0.05, 0) is 18.2 Å². The molecule has 3 aromatic heterocycles. The third-order valence-electron chi connectivity index (χ3n) is 3.06. The van der Waals surface area contributed by atoms with E-state index in [4.69, 9.17) is 4.74 Å². The Bertz CT molecular complexity index is 881. The standard InChI is InChI=1S/C15H9FN4O2/c16-14-2-1-10(7-18-14)13-5-12(22-4-3-21)9-20-15(13)11(6-17)8-19-20/h1-3,5,7-9H,4H2. The van der Waals surface area contributed by atoms with Crippen molar-refractivity contribution >= 4 is 11.8 Å². The van der Waals surface area contributed by atoms with E-state index in [1.165, 1.54) is 23.0 Å². The highest BCUT2D eigenvalue weighted by atomic mass is 19.1. The van der Waals surface area contributed by atoms with Crippen LogP contribution in [0, 0.1) is 17.3 Å². The van der Waals surface area contributed by atoms with Gasteiger partial charge in [0.15, 0.2) is 6.29 Å². The summed E-state index contributed by atoms with van der Waals surface area (Å²) in [5, 5.41) is 13.3. The molecule has 0 fully saturated rings. The first-order valence-corrected chi connectivity index (χ1v) is 6.33. The minimum Gasteiger partial charge on any atom is -0.485 e. The summed E-state index contributed by atoms with van der Waals surface area (Å²) in [6.07, 6.45) is 4.99. The Kier molecular flexibility index (Phi) is 3.50. The van der Waals surface area contributed by atoms with Crippen molar-refractivity contribution in [3.8, 4) is 22.9 Å². The number of aldehydes is 1. The number of carbonyl (C=O) groups excluding carboxylic acids is 1. The smallest absolute Gasteiger partial charge is 0.212 e. The Balaban J connectivity index is 2.24. The number of hydrogen-bond acceptors (Lipinski definition) is 5. The van der Waals surface area contributed by atoms with Gasteiger partial charge in [0, 0.05) is 17.3 Å². The fourth-order valence-electron chi connectivity index (χ4n) is 2.14. The normalized spacial score (nSPS) is 10.4. The molecule has 0 atom stereocenters. The van der Waals surface area contributed by atoms with Gasteiger partial charge in [-0.1, -0.05) is 0 Å². The first-order valence-electron chi connectivity index (χ1n) is 6.33. The van der Waals surface area contributed by atoms with E-state index in [1.807, 2.05) is 0 Å². The van der Waals surface area contributed by atoms with Gasteiger partial charge in [-0.2, -0.15) is 14.8 Å². The van der Waals surface area contributed by atoms with Crippen LogP contribution in [0.25, 0.3) is 16.6 Å². The van der Waals surface area contributed by atoms with Crippen LogP contribution in [0.3, 0.4) is 0 Å². The molecule has 22 heavy (non-hydrogen) atoms. The molecular weight excluding hydrogens is 287 g/mol. The molecule has 0 aromatic carbocycles. The SMILES string of the molecule is N#Cc1cnn2cc(OCC=O)cc(-c3ccc(F)nc3)c12. The summed E-state index contributed by atoms with van der Waals surface area (Å²) in [5.41, 5.74) is 2.17. The van der Waals surface area contributed by atoms with Gasteiger partial charge in [0.25, 0.3) is 0 Å².